The summed E-state index contributed by atoms with van der Waals surface area (Å²) in [6, 6.07) is 9.61. The topological polar surface area (TPSA) is 73.9 Å². The number of para-hydroxylation sites is 1. The van der Waals surface area contributed by atoms with Crippen LogP contribution in [0.25, 0.3) is 11.0 Å². The minimum absolute atomic E-state index is 0.00271. The average Bonchev–Trinajstić information content (AvgIpc) is 3.31. The van der Waals surface area contributed by atoms with Crippen LogP contribution < -0.4 is 5.32 Å². The van der Waals surface area contributed by atoms with Crippen molar-refractivity contribution in [2.24, 2.45) is 0 Å². The van der Waals surface area contributed by atoms with Crippen LogP contribution in [0.3, 0.4) is 0 Å². The Morgan fingerprint density at radius 2 is 2.12 bits per heavy atom. The number of hydrogen-bond donors (Lipinski definition) is 2. The molecule has 3 heterocycles. The van der Waals surface area contributed by atoms with E-state index in [0.717, 1.165) is 53.9 Å². The fourth-order valence-corrected chi connectivity index (χ4v) is 3.64. The smallest absolute Gasteiger partial charge is 0.242 e. The molecule has 1 fully saturated rings. The van der Waals surface area contributed by atoms with Gasteiger partial charge in [-0.25, -0.2) is 4.98 Å². The lowest BCUT2D eigenvalue weighted by Gasteiger charge is -2.26. The number of imidazole rings is 1. The first-order valence-corrected chi connectivity index (χ1v) is 9.08. The van der Waals surface area contributed by atoms with E-state index in [1.54, 1.807) is 12.4 Å². The summed E-state index contributed by atoms with van der Waals surface area (Å²) in [7, 11) is 0. The van der Waals surface area contributed by atoms with E-state index in [9.17, 15) is 4.79 Å². The molecule has 1 atom stereocenters. The number of benzene rings is 1. The number of nitrogens with zero attached hydrogens (tertiary/aromatic N) is 3. The van der Waals surface area contributed by atoms with E-state index in [2.05, 4.69) is 25.2 Å². The number of amides is 1. The van der Waals surface area contributed by atoms with E-state index in [0.29, 0.717) is 6.54 Å². The van der Waals surface area contributed by atoms with Crippen molar-refractivity contribution in [2.75, 3.05) is 13.1 Å². The SMILES string of the molecule is Cc1cccc2[nH]c(CNC(=O)[C@@H](c3cccnc3)N3CCCC3)nc12. The third-order valence-electron chi connectivity index (χ3n) is 4.95. The van der Waals surface area contributed by atoms with Crippen LogP contribution in [0.2, 0.25) is 0 Å². The Morgan fingerprint density at radius 1 is 1.27 bits per heavy atom. The number of fused-ring (bicyclic) bond motifs is 1. The molecule has 6 heteroatoms. The Labute approximate surface area is 152 Å². The van der Waals surface area contributed by atoms with Crippen molar-refractivity contribution in [3.63, 3.8) is 0 Å². The molecule has 2 aromatic heterocycles. The van der Waals surface area contributed by atoms with Crippen molar-refractivity contribution in [1.29, 1.82) is 0 Å². The van der Waals surface area contributed by atoms with E-state index in [4.69, 9.17) is 0 Å². The van der Waals surface area contributed by atoms with Crippen molar-refractivity contribution < 1.29 is 4.79 Å². The summed E-state index contributed by atoms with van der Waals surface area (Å²) in [5.74, 6) is 0.770. The molecule has 1 aromatic carbocycles. The first-order chi connectivity index (χ1) is 12.7. The number of pyridine rings is 1. The molecule has 0 saturated carbocycles. The molecule has 4 rings (SSSR count). The van der Waals surface area contributed by atoms with Crippen molar-refractivity contribution in [3.8, 4) is 0 Å². The quantitative estimate of drug-likeness (QED) is 0.743. The molecule has 3 aromatic rings. The summed E-state index contributed by atoms with van der Waals surface area (Å²) in [6.07, 6.45) is 5.78. The highest BCUT2D eigenvalue weighted by atomic mass is 16.2. The molecule has 6 nitrogen and oxygen atoms in total. The van der Waals surface area contributed by atoms with Gasteiger partial charge in [0.1, 0.15) is 11.9 Å². The van der Waals surface area contributed by atoms with Gasteiger partial charge in [0.05, 0.1) is 17.6 Å². The molecule has 2 N–H and O–H groups in total. The lowest BCUT2D eigenvalue weighted by molar-refractivity contribution is -0.126. The molecular weight excluding hydrogens is 326 g/mol. The van der Waals surface area contributed by atoms with Crippen LogP contribution in [0, 0.1) is 6.92 Å². The maximum absolute atomic E-state index is 13.0. The van der Waals surface area contributed by atoms with Crippen LogP contribution in [-0.2, 0) is 11.3 Å². The molecule has 0 aliphatic carbocycles. The van der Waals surface area contributed by atoms with Crippen LogP contribution in [0.15, 0.2) is 42.7 Å². The van der Waals surface area contributed by atoms with Crippen molar-refractivity contribution in [3.05, 3.63) is 59.7 Å². The summed E-state index contributed by atoms with van der Waals surface area (Å²) < 4.78 is 0. The van der Waals surface area contributed by atoms with Crippen LogP contribution in [0.1, 0.15) is 35.8 Å². The standard InChI is InChI=1S/C20H23N5O/c1-14-6-4-8-16-18(14)24-17(23-16)13-22-20(26)19(25-10-2-3-11-25)15-7-5-9-21-12-15/h4-9,12,19H,2-3,10-11,13H2,1H3,(H,22,26)(H,23,24)/t19-/m1/s1. The van der Waals surface area contributed by atoms with Crippen LogP contribution >= 0.6 is 0 Å². The predicted molar refractivity (Wildman–Crippen MR) is 100 cm³/mol. The molecule has 134 valence electrons. The van der Waals surface area contributed by atoms with Crippen molar-refractivity contribution in [1.82, 2.24) is 25.2 Å². The minimum Gasteiger partial charge on any atom is -0.347 e. The zero-order chi connectivity index (χ0) is 17.9. The second-order valence-electron chi connectivity index (χ2n) is 6.80. The molecular formula is C20H23N5O. The maximum Gasteiger partial charge on any atom is 0.242 e. The normalized spacial score (nSPS) is 16.0. The zero-order valence-electron chi connectivity index (χ0n) is 14.9. The molecule has 0 unspecified atom stereocenters. The van der Waals surface area contributed by atoms with Gasteiger partial charge in [-0.05, 0) is 56.1 Å². The first kappa shape index (κ1) is 16.7. The largest absolute Gasteiger partial charge is 0.347 e. The van der Waals surface area contributed by atoms with Gasteiger partial charge in [-0.3, -0.25) is 14.7 Å². The summed E-state index contributed by atoms with van der Waals surface area (Å²) >= 11 is 0. The van der Waals surface area contributed by atoms with Gasteiger partial charge < -0.3 is 10.3 Å². The second-order valence-corrected chi connectivity index (χ2v) is 6.80. The van der Waals surface area contributed by atoms with E-state index < -0.39 is 0 Å². The Kier molecular flexibility index (Phi) is 4.67. The van der Waals surface area contributed by atoms with Gasteiger partial charge in [0.2, 0.25) is 5.91 Å². The third kappa shape index (κ3) is 3.32. The molecule has 1 saturated heterocycles. The van der Waals surface area contributed by atoms with Gasteiger partial charge in [-0.1, -0.05) is 18.2 Å². The molecule has 26 heavy (non-hydrogen) atoms. The van der Waals surface area contributed by atoms with Crippen LogP contribution in [-0.4, -0.2) is 38.8 Å². The molecule has 0 spiro atoms. The highest BCUT2D eigenvalue weighted by Crippen LogP contribution is 2.25. The Balaban J connectivity index is 1.51. The fraction of sp³-hybridized carbons (Fsp3) is 0.350. The lowest BCUT2D eigenvalue weighted by Crippen LogP contribution is -2.39. The summed E-state index contributed by atoms with van der Waals surface area (Å²) in [4.78, 5) is 27.3. The third-order valence-corrected chi connectivity index (χ3v) is 4.95. The van der Waals surface area contributed by atoms with Crippen LogP contribution in [0.5, 0.6) is 0 Å². The number of aromatic nitrogens is 3. The number of likely N-dealkylation sites (tertiary alicyclic amines) is 1. The Bertz CT molecular complexity index is 899. The molecule has 1 aliphatic rings. The van der Waals surface area contributed by atoms with Gasteiger partial charge in [-0.2, -0.15) is 0 Å². The Morgan fingerprint density at radius 3 is 2.85 bits per heavy atom. The predicted octanol–water partition coefficient (Wildman–Crippen LogP) is 2.72. The lowest BCUT2D eigenvalue weighted by atomic mass is 10.1. The second kappa shape index (κ2) is 7.25. The minimum atomic E-state index is -0.294. The van der Waals surface area contributed by atoms with Crippen molar-refractivity contribution >= 4 is 16.9 Å². The van der Waals surface area contributed by atoms with E-state index in [1.165, 1.54) is 0 Å². The number of rotatable bonds is 5. The van der Waals surface area contributed by atoms with E-state index >= 15 is 0 Å². The molecule has 1 amide bonds. The van der Waals surface area contributed by atoms with Gasteiger partial charge in [0.25, 0.3) is 0 Å². The van der Waals surface area contributed by atoms with Crippen LogP contribution in [0.4, 0.5) is 0 Å². The highest BCUT2D eigenvalue weighted by molar-refractivity contribution is 5.83. The highest BCUT2D eigenvalue weighted by Gasteiger charge is 2.29. The van der Waals surface area contributed by atoms with Crippen molar-refractivity contribution in [2.45, 2.75) is 32.4 Å². The first-order valence-electron chi connectivity index (χ1n) is 9.08. The number of H-pyrrole nitrogens is 1. The van der Waals surface area contributed by atoms with Gasteiger partial charge in [0, 0.05) is 12.4 Å². The van der Waals surface area contributed by atoms with E-state index in [1.807, 2.05) is 37.3 Å². The van der Waals surface area contributed by atoms with Gasteiger partial charge in [0.15, 0.2) is 0 Å². The molecule has 0 radical (unpaired) electrons. The zero-order valence-corrected chi connectivity index (χ0v) is 14.9. The van der Waals surface area contributed by atoms with Gasteiger partial charge in [-0.15, -0.1) is 0 Å². The number of carbonyl (C=O) groups excluding carboxylic acids is 1. The number of carbonyl (C=O) groups is 1. The maximum atomic E-state index is 13.0. The summed E-state index contributed by atoms with van der Waals surface area (Å²) in [5, 5.41) is 3.05. The summed E-state index contributed by atoms with van der Waals surface area (Å²) in [5.41, 5.74) is 4.02. The Hall–Kier alpha value is -2.73. The fourth-order valence-electron chi connectivity index (χ4n) is 3.64. The number of hydrogen-bond acceptors (Lipinski definition) is 4. The number of nitrogens with one attached hydrogen (secondary N) is 2. The summed E-state index contributed by atoms with van der Waals surface area (Å²) in [6.45, 7) is 4.31. The number of aromatic amines is 1. The monoisotopic (exact) mass is 349 g/mol. The van der Waals surface area contributed by atoms with E-state index in [-0.39, 0.29) is 11.9 Å². The molecule has 1 aliphatic heterocycles. The van der Waals surface area contributed by atoms with Gasteiger partial charge >= 0.3 is 0 Å². The molecule has 0 bridgehead atoms. The number of aryl methyl sites for hydroxylation is 1. The average molecular weight is 349 g/mol.